The van der Waals surface area contributed by atoms with Crippen molar-refractivity contribution in [2.24, 2.45) is 0 Å². The predicted octanol–water partition coefficient (Wildman–Crippen LogP) is 0.853. The number of hydrogen-bond donors (Lipinski definition) is 1. The van der Waals surface area contributed by atoms with Crippen molar-refractivity contribution in [1.29, 1.82) is 0 Å². The molecule has 0 aromatic rings. The van der Waals surface area contributed by atoms with Crippen molar-refractivity contribution in [3.05, 3.63) is 0 Å². The molecular formula is C9H16BrNO3S. The normalized spacial score (nSPS) is 25.9. The van der Waals surface area contributed by atoms with Crippen LogP contribution in [0.5, 0.6) is 0 Å². The molecule has 1 aliphatic rings. The van der Waals surface area contributed by atoms with E-state index < -0.39 is 14.2 Å². The Balaban J connectivity index is 2.57. The number of carbonyl (C=O) groups is 1. The van der Waals surface area contributed by atoms with Crippen molar-refractivity contribution in [2.75, 3.05) is 11.5 Å². The zero-order chi connectivity index (χ0) is 11.7. The summed E-state index contributed by atoms with van der Waals surface area (Å²) in [6.45, 7) is 3.47. The second-order valence-corrected chi connectivity index (χ2v) is 8.61. The first-order valence-corrected chi connectivity index (χ1v) is 7.52. The van der Waals surface area contributed by atoms with Crippen molar-refractivity contribution in [3.8, 4) is 0 Å². The fraction of sp³-hybridized carbons (Fsp3) is 0.889. The average Bonchev–Trinajstić information content (AvgIpc) is 2.00. The largest absolute Gasteiger partial charge is 0.351 e. The van der Waals surface area contributed by atoms with Gasteiger partial charge in [-0.2, -0.15) is 0 Å². The first-order chi connectivity index (χ1) is 6.71. The second-order valence-electron chi connectivity index (χ2n) is 4.40. The van der Waals surface area contributed by atoms with Crippen molar-refractivity contribution in [1.82, 2.24) is 5.32 Å². The molecule has 1 unspecified atom stereocenters. The van der Waals surface area contributed by atoms with Crippen LogP contribution in [0.4, 0.5) is 0 Å². The van der Waals surface area contributed by atoms with E-state index in [1.807, 2.05) is 0 Å². The van der Waals surface area contributed by atoms with Crippen LogP contribution in [-0.4, -0.2) is 36.2 Å². The third kappa shape index (κ3) is 4.10. The third-order valence-electron chi connectivity index (χ3n) is 2.34. The lowest BCUT2D eigenvalue weighted by atomic mass is 10.1. The Morgan fingerprint density at radius 2 is 2.07 bits per heavy atom. The molecule has 0 spiro atoms. The Hall–Kier alpha value is -0.100. The zero-order valence-electron chi connectivity index (χ0n) is 8.92. The first kappa shape index (κ1) is 13.0. The Labute approximate surface area is 98.9 Å². The van der Waals surface area contributed by atoms with Gasteiger partial charge in [-0.25, -0.2) is 8.42 Å². The summed E-state index contributed by atoms with van der Waals surface area (Å²) in [5.41, 5.74) is 0. The molecule has 0 aromatic heterocycles. The molecule has 15 heavy (non-hydrogen) atoms. The van der Waals surface area contributed by atoms with Crippen LogP contribution in [0.3, 0.4) is 0 Å². The van der Waals surface area contributed by atoms with Gasteiger partial charge in [0.05, 0.1) is 15.8 Å². The van der Waals surface area contributed by atoms with Gasteiger partial charge in [-0.05, 0) is 26.7 Å². The highest BCUT2D eigenvalue weighted by atomic mass is 79.9. The maximum absolute atomic E-state index is 11.6. The molecule has 1 heterocycles. The van der Waals surface area contributed by atoms with Crippen LogP contribution < -0.4 is 5.32 Å². The van der Waals surface area contributed by atoms with Gasteiger partial charge in [0, 0.05) is 6.04 Å². The molecule has 1 rings (SSSR count). The van der Waals surface area contributed by atoms with E-state index in [0.717, 1.165) is 6.42 Å². The Morgan fingerprint density at radius 1 is 1.47 bits per heavy atom. The number of halogens is 1. The smallest absolute Gasteiger partial charge is 0.236 e. The number of nitrogens with one attached hydrogen (secondary N) is 1. The van der Waals surface area contributed by atoms with Crippen LogP contribution in [0.1, 0.15) is 26.7 Å². The van der Waals surface area contributed by atoms with Crippen molar-refractivity contribution in [2.45, 2.75) is 37.1 Å². The van der Waals surface area contributed by atoms with Gasteiger partial charge in [-0.3, -0.25) is 4.79 Å². The molecule has 0 aliphatic carbocycles. The summed E-state index contributed by atoms with van der Waals surface area (Å²) in [5, 5.41) is 2.75. The van der Waals surface area contributed by atoms with Gasteiger partial charge in [0.25, 0.3) is 0 Å². The van der Waals surface area contributed by atoms with E-state index in [-0.39, 0.29) is 23.5 Å². The Kier molecular flexibility index (Phi) is 3.81. The summed E-state index contributed by atoms with van der Waals surface area (Å²) in [6.07, 6.45) is 1.38. The van der Waals surface area contributed by atoms with Crippen molar-refractivity contribution in [3.63, 3.8) is 0 Å². The monoisotopic (exact) mass is 297 g/mol. The standard InChI is InChI=1S/C9H16BrNO3S/c1-9(2,10)8(12)11-7-4-3-5-15(13,14)6-7/h7H,3-6H2,1-2H3,(H,11,12). The molecule has 0 radical (unpaired) electrons. The van der Waals surface area contributed by atoms with Crippen LogP contribution in [0.25, 0.3) is 0 Å². The van der Waals surface area contributed by atoms with Crippen LogP contribution in [-0.2, 0) is 14.6 Å². The quantitative estimate of drug-likeness (QED) is 0.769. The minimum absolute atomic E-state index is 0.0713. The molecule has 0 aromatic carbocycles. The lowest BCUT2D eigenvalue weighted by molar-refractivity contribution is -0.123. The summed E-state index contributed by atoms with van der Waals surface area (Å²) >= 11 is 3.24. The highest BCUT2D eigenvalue weighted by molar-refractivity contribution is 9.10. The lowest BCUT2D eigenvalue weighted by Crippen LogP contribution is -2.48. The summed E-state index contributed by atoms with van der Waals surface area (Å²) in [6, 6.07) is -0.229. The zero-order valence-corrected chi connectivity index (χ0v) is 11.3. The van der Waals surface area contributed by atoms with Crippen LogP contribution >= 0.6 is 15.9 Å². The number of rotatable bonds is 2. The fourth-order valence-corrected chi connectivity index (χ4v) is 3.24. The molecule has 0 saturated carbocycles. The topological polar surface area (TPSA) is 63.2 Å². The Morgan fingerprint density at radius 3 is 2.53 bits per heavy atom. The van der Waals surface area contributed by atoms with Crippen molar-refractivity contribution < 1.29 is 13.2 Å². The number of carbonyl (C=O) groups excluding carboxylic acids is 1. The van der Waals surface area contributed by atoms with E-state index >= 15 is 0 Å². The summed E-state index contributed by atoms with van der Waals surface area (Å²) in [5.74, 6) is 0.156. The summed E-state index contributed by atoms with van der Waals surface area (Å²) < 4.78 is 22.0. The molecule has 1 N–H and O–H groups in total. The van der Waals surface area contributed by atoms with Gasteiger partial charge in [-0.15, -0.1) is 0 Å². The molecule has 1 saturated heterocycles. The third-order valence-corrected chi connectivity index (χ3v) is 4.52. The molecule has 88 valence electrons. The van der Waals surface area contributed by atoms with E-state index in [4.69, 9.17) is 0 Å². The van der Waals surface area contributed by atoms with Gasteiger partial charge < -0.3 is 5.32 Å². The average molecular weight is 298 g/mol. The Bertz CT molecular complexity index is 345. The number of hydrogen-bond acceptors (Lipinski definition) is 3. The molecule has 1 amide bonds. The molecule has 4 nitrogen and oxygen atoms in total. The predicted molar refractivity (Wildman–Crippen MR) is 62.8 cm³/mol. The van der Waals surface area contributed by atoms with E-state index in [9.17, 15) is 13.2 Å². The van der Waals surface area contributed by atoms with Gasteiger partial charge in [0.2, 0.25) is 5.91 Å². The van der Waals surface area contributed by atoms with E-state index in [2.05, 4.69) is 21.2 Å². The number of alkyl halides is 1. The SMILES string of the molecule is CC(C)(Br)C(=O)NC1CCCS(=O)(=O)C1. The first-order valence-electron chi connectivity index (χ1n) is 4.91. The van der Waals surface area contributed by atoms with E-state index in [1.54, 1.807) is 13.8 Å². The second kappa shape index (κ2) is 4.41. The van der Waals surface area contributed by atoms with Gasteiger partial charge >= 0.3 is 0 Å². The van der Waals surface area contributed by atoms with Gasteiger partial charge in [-0.1, -0.05) is 15.9 Å². The summed E-state index contributed by atoms with van der Waals surface area (Å²) in [4.78, 5) is 11.6. The molecule has 1 fully saturated rings. The molecule has 6 heteroatoms. The summed E-state index contributed by atoms with van der Waals surface area (Å²) in [7, 11) is -2.95. The minimum Gasteiger partial charge on any atom is -0.351 e. The van der Waals surface area contributed by atoms with E-state index in [1.165, 1.54) is 0 Å². The molecule has 1 atom stereocenters. The van der Waals surface area contributed by atoms with Gasteiger partial charge in [0.1, 0.15) is 0 Å². The lowest BCUT2D eigenvalue weighted by Gasteiger charge is -2.26. The maximum Gasteiger partial charge on any atom is 0.236 e. The van der Waals surface area contributed by atoms with E-state index in [0.29, 0.717) is 6.42 Å². The minimum atomic E-state index is -2.95. The highest BCUT2D eigenvalue weighted by Gasteiger charge is 2.30. The van der Waals surface area contributed by atoms with Gasteiger partial charge in [0.15, 0.2) is 9.84 Å². The van der Waals surface area contributed by atoms with Crippen LogP contribution in [0, 0.1) is 0 Å². The van der Waals surface area contributed by atoms with Crippen LogP contribution in [0.15, 0.2) is 0 Å². The highest BCUT2D eigenvalue weighted by Crippen LogP contribution is 2.18. The molecular weight excluding hydrogens is 282 g/mol. The number of amides is 1. The molecule has 1 aliphatic heterocycles. The van der Waals surface area contributed by atoms with Crippen LogP contribution in [0.2, 0.25) is 0 Å². The van der Waals surface area contributed by atoms with Crippen molar-refractivity contribution >= 4 is 31.7 Å². The number of sulfone groups is 1. The molecule has 0 bridgehead atoms. The fourth-order valence-electron chi connectivity index (χ4n) is 1.49. The maximum atomic E-state index is 11.6.